The molecule has 1 aliphatic rings. The van der Waals surface area contributed by atoms with Crippen LogP contribution in [0.2, 0.25) is 0 Å². The van der Waals surface area contributed by atoms with Crippen molar-refractivity contribution < 1.29 is 14.5 Å². The van der Waals surface area contributed by atoms with Crippen LogP contribution in [0.4, 0.5) is 5.69 Å². The molecule has 0 bridgehead atoms. The zero-order valence-electron chi connectivity index (χ0n) is 11.3. The minimum atomic E-state index is -0.516. The second-order valence-corrected chi connectivity index (χ2v) is 5.23. The summed E-state index contributed by atoms with van der Waals surface area (Å²) < 4.78 is 5.74. The van der Waals surface area contributed by atoms with Gasteiger partial charge in [-0.3, -0.25) is 14.9 Å². The van der Waals surface area contributed by atoms with Gasteiger partial charge >= 0.3 is 5.69 Å². The van der Waals surface area contributed by atoms with Crippen molar-refractivity contribution in [3.05, 3.63) is 33.9 Å². The van der Waals surface area contributed by atoms with Gasteiger partial charge in [0, 0.05) is 12.5 Å². The smallest absolute Gasteiger partial charge is 0.310 e. The second kappa shape index (κ2) is 4.64. The molecule has 5 nitrogen and oxygen atoms in total. The lowest BCUT2D eigenvalue weighted by Crippen LogP contribution is -2.54. The Morgan fingerprint density at radius 1 is 1.53 bits per heavy atom. The molecule has 19 heavy (non-hydrogen) atoms. The van der Waals surface area contributed by atoms with Crippen LogP contribution in [0.1, 0.15) is 32.3 Å². The molecule has 1 aromatic rings. The van der Waals surface area contributed by atoms with E-state index in [9.17, 15) is 14.9 Å². The number of Topliss-reactive ketones (excluding diaryl/α,β-unsaturated/α-hetero) is 1. The van der Waals surface area contributed by atoms with E-state index in [0.717, 1.165) is 5.56 Å². The maximum atomic E-state index is 11.7. The fraction of sp³-hybridized carbons (Fsp3) is 0.500. The van der Waals surface area contributed by atoms with Gasteiger partial charge in [0.25, 0.3) is 0 Å². The van der Waals surface area contributed by atoms with Gasteiger partial charge in [0.1, 0.15) is 11.9 Å². The van der Waals surface area contributed by atoms with Crippen LogP contribution in [-0.4, -0.2) is 16.8 Å². The van der Waals surface area contributed by atoms with Crippen LogP contribution >= 0.6 is 0 Å². The predicted octanol–water partition coefficient (Wildman–Crippen LogP) is 3.04. The molecule has 0 aromatic heterocycles. The van der Waals surface area contributed by atoms with Crippen molar-refractivity contribution in [3.63, 3.8) is 0 Å². The molecule has 2 unspecified atom stereocenters. The minimum absolute atomic E-state index is 0.0524. The van der Waals surface area contributed by atoms with E-state index in [1.54, 1.807) is 12.1 Å². The number of ether oxygens (including phenoxy) is 1. The summed E-state index contributed by atoms with van der Waals surface area (Å²) in [4.78, 5) is 22.2. The zero-order valence-corrected chi connectivity index (χ0v) is 11.3. The molecular formula is C14H17NO4. The maximum Gasteiger partial charge on any atom is 0.310 e. The second-order valence-electron chi connectivity index (χ2n) is 5.23. The highest BCUT2D eigenvalue weighted by Gasteiger charge is 2.52. The van der Waals surface area contributed by atoms with Crippen LogP contribution in [0.25, 0.3) is 0 Å². The highest BCUT2D eigenvalue weighted by Crippen LogP contribution is 2.44. The summed E-state index contributed by atoms with van der Waals surface area (Å²) in [5, 5.41) is 11.0. The van der Waals surface area contributed by atoms with Gasteiger partial charge in [-0.1, -0.05) is 13.0 Å². The maximum absolute atomic E-state index is 11.7. The third kappa shape index (κ3) is 2.20. The normalized spacial score (nSPS) is 25.8. The van der Waals surface area contributed by atoms with Crippen molar-refractivity contribution in [3.8, 4) is 5.75 Å². The number of carbonyl (C=O) groups excluding carboxylic acids is 1. The molecule has 0 N–H and O–H groups in total. The number of nitro groups is 1. The molecule has 0 aliphatic heterocycles. The van der Waals surface area contributed by atoms with Gasteiger partial charge in [-0.25, -0.2) is 0 Å². The topological polar surface area (TPSA) is 69.4 Å². The van der Waals surface area contributed by atoms with Gasteiger partial charge in [-0.05, 0) is 31.9 Å². The Hall–Kier alpha value is -1.91. The summed E-state index contributed by atoms with van der Waals surface area (Å²) in [6, 6.07) is 4.77. The number of rotatable bonds is 4. The number of hydrogen-bond acceptors (Lipinski definition) is 4. The Balaban J connectivity index is 2.27. The lowest BCUT2D eigenvalue weighted by molar-refractivity contribution is -0.386. The summed E-state index contributed by atoms with van der Waals surface area (Å²) >= 11 is 0. The molecular weight excluding hydrogens is 246 g/mol. The minimum Gasteiger partial charge on any atom is -0.482 e. The number of carbonyl (C=O) groups is 1. The SMILES string of the molecule is CCC1(C)C(=O)CC1Oc1cc(C)ccc1[N+](=O)[O-]. The van der Waals surface area contributed by atoms with Crippen molar-refractivity contribution in [1.29, 1.82) is 0 Å². The number of benzene rings is 1. The van der Waals surface area contributed by atoms with Gasteiger partial charge < -0.3 is 4.74 Å². The molecule has 0 saturated heterocycles. The van der Waals surface area contributed by atoms with Crippen molar-refractivity contribution >= 4 is 11.5 Å². The molecule has 0 amide bonds. The van der Waals surface area contributed by atoms with Crippen molar-refractivity contribution in [2.75, 3.05) is 0 Å². The summed E-state index contributed by atoms with van der Waals surface area (Å²) in [7, 11) is 0. The Kier molecular flexibility index (Phi) is 3.30. The Labute approximate surface area is 111 Å². The molecule has 1 aromatic carbocycles. The first-order valence-electron chi connectivity index (χ1n) is 6.33. The van der Waals surface area contributed by atoms with Gasteiger partial charge in [-0.15, -0.1) is 0 Å². The van der Waals surface area contributed by atoms with Crippen molar-refractivity contribution in [2.24, 2.45) is 5.41 Å². The summed E-state index contributed by atoms with van der Waals surface area (Å²) in [6.45, 7) is 5.63. The Bertz CT molecular complexity index is 540. The predicted molar refractivity (Wildman–Crippen MR) is 70.3 cm³/mol. The summed E-state index contributed by atoms with van der Waals surface area (Å²) in [5.41, 5.74) is 0.324. The van der Waals surface area contributed by atoms with Crippen LogP contribution in [0, 0.1) is 22.5 Å². The van der Waals surface area contributed by atoms with Crippen LogP contribution in [0.15, 0.2) is 18.2 Å². The van der Waals surface area contributed by atoms with E-state index in [-0.39, 0.29) is 23.3 Å². The monoisotopic (exact) mass is 263 g/mol. The van der Waals surface area contributed by atoms with Gasteiger partial charge in [0.15, 0.2) is 5.75 Å². The van der Waals surface area contributed by atoms with E-state index < -0.39 is 10.3 Å². The average molecular weight is 263 g/mol. The van der Waals surface area contributed by atoms with Gasteiger partial charge in [0.05, 0.1) is 10.3 Å². The fourth-order valence-electron chi connectivity index (χ4n) is 2.29. The largest absolute Gasteiger partial charge is 0.482 e. The molecule has 102 valence electrons. The molecule has 1 saturated carbocycles. The molecule has 1 aliphatic carbocycles. The summed E-state index contributed by atoms with van der Waals surface area (Å²) in [6.07, 6.45) is 0.733. The first-order chi connectivity index (χ1) is 8.88. The number of ketones is 1. The Morgan fingerprint density at radius 3 is 2.74 bits per heavy atom. The first-order valence-corrected chi connectivity index (χ1v) is 6.33. The van der Waals surface area contributed by atoms with Crippen molar-refractivity contribution in [1.82, 2.24) is 0 Å². The van der Waals surface area contributed by atoms with Crippen LogP contribution in [0.5, 0.6) is 5.75 Å². The van der Waals surface area contributed by atoms with Gasteiger partial charge in [-0.2, -0.15) is 0 Å². The Morgan fingerprint density at radius 2 is 2.21 bits per heavy atom. The first kappa shape index (κ1) is 13.5. The van der Waals surface area contributed by atoms with E-state index in [2.05, 4.69) is 0 Å². The van der Waals surface area contributed by atoms with Crippen LogP contribution in [0.3, 0.4) is 0 Å². The molecule has 5 heteroatoms. The molecule has 0 spiro atoms. The zero-order chi connectivity index (χ0) is 14.2. The quantitative estimate of drug-likeness (QED) is 0.618. The van der Waals surface area contributed by atoms with E-state index in [1.165, 1.54) is 6.07 Å². The van der Waals surface area contributed by atoms with Crippen LogP contribution in [-0.2, 0) is 4.79 Å². The molecule has 0 heterocycles. The number of hydrogen-bond donors (Lipinski definition) is 0. The van der Waals surface area contributed by atoms with E-state index >= 15 is 0 Å². The average Bonchev–Trinajstić information content (AvgIpc) is 2.37. The fourth-order valence-corrected chi connectivity index (χ4v) is 2.29. The number of nitrogens with zero attached hydrogens (tertiary/aromatic N) is 1. The highest BCUT2D eigenvalue weighted by molar-refractivity contribution is 5.92. The van der Waals surface area contributed by atoms with Crippen LogP contribution < -0.4 is 4.74 Å². The van der Waals surface area contributed by atoms with E-state index in [4.69, 9.17) is 4.74 Å². The van der Waals surface area contributed by atoms with E-state index in [1.807, 2.05) is 20.8 Å². The molecule has 1 fully saturated rings. The third-order valence-electron chi connectivity index (χ3n) is 4.03. The molecule has 2 rings (SSSR count). The van der Waals surface area contributed by atoms with E-state index in [0.29, 0.717) is 12.8 Å². The third-order valence-corrected chi connectivity index (χ3v) is 4.03. The number of nitro benzene ring substituents is 1. The highest BCUT2D eigenvalue weighted by atomic mass is 16.6. The van der Waals surface area contributed by atoms with Crippen molar-refractivity contribution in [2.45, 2.75) is 39.7 Å². The molecule has 2 atom stereocenters. The lowest BCUT2D eigenvalue weighted by Gasteiger charge is -2.44. The summed E-state index contributed by atoms with van der Waals surface area (Å²) in [5.74, 6) is 0.414. The number of aryl methyl sites for hydroxylation is 1. The molecule has 0 radical (unpaired) electrons. The standard InChI is InChI=1S/C14H17NO4/c1-4-14(3)12(16)8-13(14)19-11-7-9(2)5-6-10(11)15(17)18/h5-7,13H,4,8H2,1-3H3. The van der Waals surface area contributed by atoms with Gasteiger partial charge in [0.2, 0.25) is 0 Å². The lowest BCUT2D eigenvalue weighted by atomic mass is 9.64.